The molecule has 22 heavy (non-hydrogen) atoms. The second-order valence-corrected chi connectivity index (χ2v) is 5.93. The van der Waals surface area contributed by atoms with Crippen molar-refractivity contribution >= 4 is 5.91 Å². The van der Waals surface area contributed by atoms with Gasteiger partial charge in [0.2, 0.25) is 0 Å². The van der Waals surface area contributed by atoms with E-state index in [1.165, 1.54) is 5.56 Å². The van der Waals surface area contributed by atoms with Crippen LogP contribution in [0.3, 0.4) is 0 Å². The molecule has 1 aliphatic heterocycles. The fraction of sp³-hybridized carbons (Fsp3) is 0.412. The summed E-state index contributed by atoms with van der Waals surface area (Å²) >= 11 is 0. The highest BCUT2D eigenvalue weighted by Crippen LogP contribution is 2.14. The number of piperidine rings is 1. The highest BCUT2D eigenvalue weighted by atomic mass is 16.1. The zero-order chi connectivity index (χ0) is 15.4. The molecule has 1 atom stereocenters. The van der Waals surface area contributed by atoms with E-state index in [0.29, 0.717) is 0 Å². The predicted molar refractivity (Wildman–Crippen MR) is 85.5 cm³/mol. The summed E-state index contributed by atoms with van der Waals surface area (Å²) in [5.74, 6) is 0.0203. The number of hydrogen-bond donors (Lipinski definition) is 2. The molecule has 3 rings (SSSR count). The molecule has 1 unspecified atom stereocenters. The SMILES string of the molecule is Cc1[nH]ccc1C(=O)NC1CCCN(Cc2cccnc2)C1. The van der Waals surface area contributed by atoms with E-state index < -0.39 is 0 Å². The average molecular weight is 298 g/mol. The van der Waals surface area contributed by atoms with Crippen molar-refractivity contribution in [3.8, 4) is 0 Å². The molecular weight excluding hydrogens is 276 g/mol. The molecule has 0 aromatic carbocycles. The molecule has 5 heteroatoms. The number of likely N-dealkylation sites (tertiary alicyclic amines) is 1. The van der Waals surface area contributed by atoms with Gasteiger partial charge in [-0.2, -0.15) is 0 Å². The van der Waals surface area contributed by atoms with E-state index in [0.717, 1.165) is 43.7 Å². The third kappa shape index (κ3) is 3.54. The van der Waals surface area contributed by atoms with Crippen LogP contribution in [0.2, 0.25) is 0 Å². The third-order valence-electron chi connectivity index (χ3n) is 4.17. The van der Waals surface area contributed by atoms with Crippen LogP contribution in [-0.4, -0.2) is 39.9 Å². The van der Waals surface area contributed by atoms with Gasteiger partial charge >= 0.3 is 0 Å². The van der Waals surface area contributed by atoms with Gasteiger partial charge in [-0.25, -0.2) is 0 Å². The second-order valence-electron chi connectivity index (χ2n) is 5.93. The molecule has 1 amide bonds. The minimum absolute atomic E-state index is 0.0203. The Hall–Kier alpha value is -2.14. The van der Waals surface area contributed by atoms with Gasteiger partial charge in [-0.3, -0.25) is 14.7 Å². The number of hydrogen-bond acceptors (Lipinski definition) is 3. The Morgan fingerprint density at radius 1 is 1.50 bits per heavy atom. The minimum Gasteiger partial charge on any atom is -0.365 e. The van der Waals surface area contributed by atoms with Gasteiger partial charge in [-0.05, 0) is 44.0 Å². The molecule has 2 aromatic rings. The fourth-order valence-electron chi connectivity index (χ4n) is 3.03. The quantitative estimate of drug-likeness (QED) is 0.909. The Balaban J connectivity index is 1.57. The summed E-state index contributed by atoms with van der Waals surface area (Å²) in [5.41, 5.74) is 2.88. The lowest BCUT2D eigenvalue weighted by Crippen LogP contribution is -2.47. The maximum Gasteiger partial charge on any atom is 0.253 e. The molecular formula is C17H22N4O. The second kappa shape index (κ2) is 6.75. The number of H-pyrrole nitrogens is 1. The van der Waals surface area contributed by atoms with E-state index in [9.17, 15) is 4.79 Å². The summed E-state index contributed by atoms with van der Waals surface area (Å²) in [6.07, 6.45) is 7.66. The van der Waals surface area contributed by atoms with E-state index >= 15 is 0 Å². The van der Waals surface area contributed by atoms with Gasteiger partial charge in [0.05, 0.1) is 5.56 Å². The number of carbonyl (C=O) groups excluding carboxylic acids is 1. The van der Waals surface area contributed by atoms with E-state index in [-0.39, 0.29) is 11.9 Å². The lowest BCUT2D eigenvalue weighted by atomic mass is 10.0. The molecule has 0 spiro atoms. The Bertz CT molecular complexity index is 623. The van der Waals surface area contributed by atoms with E-state index in [4.69, 9.17) is 0 Å². The Morgan fingerprint density at radius 2 is 2.41 bits per heavy atom. The molecule has 0 radical (unpaired) electrons. The van der Waals surface area contributed by atoms with Crippen LogP contribution in [0.4, 0.5) is 0 Å². The molecule has 2 aromatic heterocycles. The monoisotopic (exact) mass is 298 g/mol. The van der Waals surface area contributed by atoms with Crippen molar-refractivity contribution in [2.24, 2.45) is 0 Å². The normalized spacial score (nSPS) is 19.0. The van der Waals surface area contributed by atoms with Crippen molar-refractivity contribution in [2.75, 3.05) is 13.1 Å². The number of nitrogens with one attached hydrogen (secondary N) is 2. The van der Waals surface area contributed by atoms with Crippen molar-refractivity contribution in [3.63, 3.8) is 0 Å². The van der Waals surface area contributed by atoms with Gasteiger partial charge in [0.15, 0.2) is 0 Å². The lowest BCUT2D eigenvalue weighted by molar-refractivity contribution is 0.0900. The maximum atomic E-state index is 12.3. The first-order valence-electron chi connectivity index (χ1n) is 7.78. The number of pyridine rings is 1. The molecule has 1 aliphatic rings. The molecule has 3 heterocycles. The Labute approximate surface area is 130 Å². The number of aryl methyl sites for hydroxylation is 1. The average Bonchev–Trinajstić information content (AvgIpc) is 2.95. The highest BCUT2D eigenvalue weighted by molar-refractivity contribution is 5.95. The minimum atomic E-state index is 0.0203. The van der Waals surface area contributed by atoms with Crippen molar-refractivity contribution in [1.82, 2.24) is 20.2 Å². The first-order chi connectivity index (χ1) is 10.7. The van der Waals surface area contributed by atoms with E-state index in [2.05, 4.69) is 26.3 Å². The first-order valence-corrected chi connectivity index (χ1v) is 7.78. The van der Waals surface area contributed by atoms with Crippen molar-refractivity contribution < 1.29 is 4.79 Å². The summed E-state index contributed by atoms with van der Waals surface area (Å²) in [7, 11) is 0. The van der Waals surface area contributed by atoms with E-state index in [1.54, 1.807) is 12.4 Å². The fourth-order valence-corrected chi connectivity index (χ4v) is 3.03. The van der Waals surface area contributed by atoms with Gasteiger partial charge < -0.3 is 10.3 Å². The topological polar surface area (TPSA) is 61.0 Å². The van der Waals surface area contributed by atoms with E-state index in [1.807, 2.05) is 25.3 Å². The van der Waals surface area contributed by atoms with Crippen molar-refractivity contribution in [2.45, 2.75) is 32.4 Å². The molecule has 0 saturated carbocycles. The summed E-state index contributed by atoms with van der Waals surface area (Å²) in [5, 5.41) is 3.16. The summed E-state index contributed by atoms with van der Waals surface area (Å²) in [4.78, 5) is 21.9. The summed E-state index contributed by atoms with van der Waals surface area (Å²) in [6, 6.07) is 6.11. The van der Waals surface area contributed by atoms with Crippen molar-refractivity contribution in [1.29, 1.82) is 0 Å². The molecule has 116 valence electrons. The maximum absolute atomic E-state index is 12.3. The number of nitrogens with zero attached hydrogens (tertiary/aromatic N) is 2. The molecule has 0 bridgehead atoms. The van der Waals surface area contributed by atoms with Crippen LogP contribution in [0.25, 0.3) is 0 Å². The molecule has 2 N–H and O–H groups in total. The largest absolute Gasteiger partial charge is 0.365 e. The number of rotatable bonds is 4. The smallest absolute Gasteiger partial charge is 0.253 e. The zero-order valence-electron chi connectivity index (χ0n) is 12.9. The molecule has 1 saturated heterocycles. The van der Waals surface area contributed by atoms with Gasteiger partial charge in [-0.1, -0.05) is 6.07 Å². The first kappa shape index (κ1) is 14.8. The van der Waals surface area contributed by atoms with Gasteiger partial charge in [0.25, 0.3) is 5.91 Å². The number of carbonyl (C=O) groups is 1. The van der Waals surface area contributed by atoms with Crippen LogP contribution in [-0.2, 0) is 6.54 Å². The van der Waals surface area contributed by atoms with Crippen LogP contribution in [0.5, 0.6) is 0 Å². The number of aromatic nitrogens is 2. The van der Waals surface area contributed by atoms with Crippen molar-refractivity contribution in [3.05, 3.63) is 53.6 Å². The summed E-state index contributed by atoms with van der Waals surface area (Å²) in [6.45, 7) is 4.78. The van der Waals surface area contributed by atoms with Crippen LogP contribution in [0, 0.1) is 6.92 Å². The van der Waals surface area contributed by atoms with Crippen LogP contribution >= 0.6 is 0 Å². The molecule has 1 fully saturated rings. The predicted octanol–water partition coefficient (Wildman–Crippen LogP) is 2.11. The number of aromatic amines is 1. The molecule has 5 nitrogen and oxygen atoms in total. The van der Waals surface area contributed by atoms with Gasteiger partial charge in [0, 0.05) is 43.4 Å². The Kier molecular flexibility index (Phi) is 4.53. The lowest BCUT2D eigenvalue weighted by Gasteiger charge is -2.33. The highest BCUT2D eigenvalue weighted by Gasteiger charge is 2.22. The zero-order valence-corrected chi connectivity index (χ0v) is 12.9. The number of amides is 1. The van der Waals surface area contributed by atoms with Gasteiger partial charge in [-0.15, -0.1) is 0 Å². The van der Waals surface area contributed by atoms with Crippen LogP contribution in [0.15, 0.2) is 36.8 Å². The summed E-state index contributed by atoms with van der Waals surface area (Å²) < 4.78 is 0. The van der Waals surface area contributed by atoms with Crippen LogP contribution < -0.4 is 5.32 Å². The third-order valence-corrected chi connectivity index (χ3v) is 4.17. The Morgan fingerprint density at radius 3 is 3.14 bits per heavy atom. The standard InChI is InChI=1S/C17H22N4O/c1-13-16(6-8-19-13)17(22)20-15-5-3-9-21(12-15)11-14-4-2-7-18-10-14/h2,4,6-8,10,15,19H,3,5,9,11-12H2,1H3,(H,20,22). The van der Waals surface area contributed by atoms with Crippen LogP contribution in [0.1, 0.15) is 34.5 Å². The molecule has 0 aliphatic carbocycles. The van der Waals surface area contributed by atoms with Gasteiger partial charge in [0.1, 0.15) is 0 Å².